The van der Waals surface area contributed by atoms with Crippen LogP contribution in [0.3, 0.4) is 0 Å². The highest BCUT2D eigenvalue weighted by atomic mass is 35.5. The lowest BCUT2D eigenvalue weighted by Crippen LogP contribution is -2.15. The van der Waals surface area contributed by atoms with Crippen LogP contribution >= 0.6 is 11.6 Å². The van der Waals surface area contributed by atoms with Crippen LogP contribution in [0.25, 0.3) is 0 Å². The molecule has 0 heterocycles. The zero-order valence-electron chi connectivity index (χ0n) is 10.4. The predicted octanol–water partition coefficient (Wildman–Crippen LogP) is 4.69. The fraction of sp³-hybridized carbons (Fsp3) is 0.143. The molecule has 1 atom stereocenters. The molecule has 2 aromatic rings. The molecule has 21 heavy (non-hydrogen) atoms. The summed E-state index contributed by atoms with van der Waals surface area (Å²) < 4.78 is 64.4. The largest absolute Gasteiger partial charge is 0.419 e. The van der Waals surface area contributed by atoms with Crippen LogP contribution in [0.5, 0.6) is 0 Å². The molecule has 0 aliphatic rings. The van der Waals surface area contributed by atoms with Crippen LogP contribution in [0, 0.1) is 11.6 Å². The van der Waals surface area contributed by atoms with E-state index in [1.807, 2.05) is 0 Å². The molecule has 0 fully saturated rings. The number of hydrogen-bond acceptors (Lipinski definition) is 1. The average Bonchev–Trinajstić information content (AvgIpc) is 2.40. The van der Waals surface area contributed by atoms with Gasteiger partial charge in [-0.3, -0.25) is 0 Å². The number of nitrogens with two attached hydrogens (primary N) is 1. The molecule has 7 heteroatoms. The number of benzene rings is 2. The first-order valence-corrected chi connectivity index (χ1v) is 6.15. The van der Waals surface area contributed by atoms with E-state index >= 15 is 0 Å². The van der Waals surface area contributed by atoms with E-state index in [1.54, 1.807) is 0 Å². The molecular weight excluding hydrogens is 313 g/mol. The highest BCUT2D eigenvalue weighted by Crippen LogP contribution is 2.34. The minimum atomic E-state index is -4.84. The maximum absolute atomic E-state index is 13.2. The highest BCUT2D eigenvalue weighted by molar-refractivity contribution is 6.31. The molecule has 0 radical (unpaired) electrons. The van der Waals surface area contributed by atoms with Crippen LogP contribution in [0.15, 0.2) is 36.4 Å². The van der Waals surface area contributed by atoms with Crippen LogP contribution in [0.2, 0.25) is 5.02 Å². The SMILES string of the molecule is NC(c1ccc(F)c(C(F)(F)F)c1)c1cc(F)ccc1Cl. The molecule has 0 saturated heterocycles. The van der Waals surface area contributed by atoms with Crippen molar-refractivity contribution >= 4 is 11.6 Å². The first kappa shape index (κ1) is 15.7. The fourth-order valence-electron chi connectivity index (χ4n) is 1.89. The molecule has 1 unspecified atom stereocenters. The second-order valence-corrected chi connectivity index (χ2v) is 4.79. The van der Waals surface area contributed by atoms with Crippen molar-refractivity contribution < 1.29 is 22.0 Å². The van der Waals surface area contributed by atoms with E-state index in [-0.39, 0.29) is 16.1 Å². The molecule has 2 aromatic carbocycles. The lowest BCUT2D eigenvalue weighted by atomic mass is 9.97. The summed E-state index contributed by atoms with van der Waals surface area (Å²) >= 11 is 5.86. The zero-order chi connectivity index (χ0) is 15.8. The van der Waals surface area contributed by atoms with Crippen LogP contribution in [-0.2, 0) is 6.18 Å². The van der Waals surface area contributed by atoms with Gasteiger partial charge < -0.3 is 5.73 Å². The van der Waals surface area contributed by atoms with Gasteiger partial charge in [0.25, 0.3) is 0 Å². The normalized spacial score (nSPS) is 13.3. The van der Waals surface area contributed by atoms with Crippen molar-refractivity contribution in [1.82, 2.24) is 0 Å². The van der Waals surface area contributed by atoms with Gasteiger partial charge in [0.05, 0.1) is 11.6 Å². The molecule has 1 nitrogen and oxygen atoms in total. The van der Waals surface area contributed by atoms with Gasteiger partial charge in [-0.2, -0.15) is 13.2 Å². The Hall–Kier alpha value is -1.66. The Kier molecular flexibility index (Phi) is 4.20. The average molecular weight is 322 g/mol. The monoisotopic (exact) mass is 321 g/mol. The van der Waals surface area contributed by atoms with Crippen molar-refractivity contribution in [3.63, 3.8) is 0 Å². The summed E-state index contributed by atoms with van der Waals surface area (Å²) in [4.78, 5) is 0. The van der Waals surface area contributed by atoms with Crippen LogP contribution < -0.4 is 5.73 Å². The molecule has 0 bridgehead atoms. The lowest BCUT2D eigenvalue weighted by molar-refractivity contribution is -0.140. The Morgan fingerprint density at radius 1 is 1.00 bits per heavy atom. The Balaban J connectivity index is 2.49. The first-order chi connectivity index (χ1) is 9.70. The quantitative estimate of drug-likeness (QED) is 0.798. The lowest BCUT2D eigenvalue weighted by Gasteiger charge is -2.16. The maximum atomic E-state index is 13.2. The standard InChI is InChI=1S/C14H9ClF5N/c15-11-3-2-8(16)6-9(11)13(21)7-1-4-12(17)10(5-7)14(18,19)20/h1-6,13H,21H2. The Bertz CT molecular complexity index is 669. The highest BCUT2D eigenvalue weighted by Gasteiger charge is 2.34. The van der Waals surface area contributed by atoms with Crippen LogP contribution in [0.4, 0.5) is 22.0 Å². The van der Waals surface area contributed by atoms with E-state index < -0.39 is 29.4 Å². The summed E-state index contributed by atoms with van der Waals surface area (Å²) in [5.41, 5.74) is 4.48. The van der Waals surface area contributed by atoms with Gasteiger partial charge in [0.1, 0.15) is 11.6 Å². The fourth-order valence-corrected chi connectivity index (χ4v) is 2.12. The summed E-state index contributed by atoms with van der Waals surface area (Å²) in [6, 6.07) is 4.66. The third kappa shape index (κ3) is 3.33. The third-order valence-electron chi connectivity index (χ3n) is 2.95. The summed E-state index contributed by atoms with van der Waals surface area (Å²) in [7, 11) is 0. The van der Waals surface area contributed by atoms with Gasteiger partial charge in [-0.05, 0) is 41.5 Å². The second-order valence-electron chi connectivity index (χ2n) is 4.38. The minimum Gasteiger partial charge on any atom is -0.320 e. The molecule has 0 amide bonds. The van der Waals surface area contributed by atoms with Crippen molar-refractivity contribution in [3.8, 4) is 0 Å². The van der Waals surface area contributed by atoms with Crippen molar-refractivity contribution in [3.05, 3.63) is 69.7 Å². The molecule has 2 rings (SSSR count). The van der Waals surface area contributed by atoms with Gasteiger partial charge in [0.2, 0.25) is 0 Å². The Morgan fingerprint density at radius 3 is 2.29 bits per heavy atom. The molecule has 0 aliphatic heterocycles. The predicted molar refractivity (Wildman–Crippen MR) is 68.8 cm³/mol. The van der Waals surface area contributed by atoms with E-state index in [1.165, 1.54) is 6.07 Å². The zero-order valence-corrected chi connectivity index (χ0v) is 11.1. The van der Waals surface area contributed by atoms with E-state index in [0.29, 0.717) is 12.1 Å². The Labute approximate surface area is 122 Å². The molecule has 0 spiro atoms. The van der Waals surface area contributed by atoms with E-state index in [2.05, 4.69) is 0 Å². The van der Waals surface area contributed by atoms with E-state index in [9.17, 15) is 22.0 Å². The number of hydrogen-bond donors (Lipinski definition) is 1. The molecule has 0 aromatic heterocycles. The molecule has 2 N–H and O–H groups in total. The van der Waals surface area contributed by atoms with Gasteiger partial charge >= 0.3 is 6.18 Å². The Morgan fingerprint density at radius 2 is 1.67 bits per heavy atom. The van der Waals surface area contributed by atoms with Gasteiger partial charge in [-0.1, -0.05) is 17.7 Å². The van der Waals surface area contributed by atoms with Gasteiger partial charge in [0.15, 0.2) is 0 Å². The van der Waals surface area contributed by atoms with Gasteiger partial charge in [-0.25, -0.2) is 8.78 Å². The first-order valence-electron chi connectivity index (χ1n) is 5.77. The molecule has 0 aliphatic carbocycles. The topological polar surface area (TPSA) is 26.0 Å². The van der Waals surface area contributed by atoms with E-state index in [0.717, 1.165) is 18.2 Å². The molecule has 112 valence electrons. The molecule has 0 saturated carbocycles. The summed E-state index contributed by atoms with van der Waals surface area (Å²) in [6.45, 7) is 0. The van der Waals surface area contributed by atoms with Gasteiger partial charge in [0, 0.05) is 5.02 Å². The number of rotatable bonds is 2. The van der Waals surface area contributed by atoms with Crippen molar-refractivity contribution in [2.24, 2.45) is 5.73 Å². The maximum Gasteiger partial charge on any atom is 0.419 e. The summed E-state index contributed by atoms with van der Waals surface area (Å²) in [5, 5.41) is 0.113. The number of halogens is 6. The summed E-state index contributed by atoms with van der Waals surface area (Å²) in [5.74, 6) is -2.02. The minimum absolute atomic E-state index is 0.0174. The van der Waals surface area contributed by atoms with Crippen molar-refractivity contribution in [2.75, 3.05) is 0 Å². The van der Waals surface area contributed by atoms with Crippen LogP contribution in [-0.4, -0.2) is 0 Å². The molecular formula is C14H9ClF5N. The van der Waals surface area contributed by atoms with Crippen molar-refractivity contribution in [1.29, 1.82) is 0 Å². The van der Waals surface area contributed by atoms with Crippen LogP contribution in [0.1, 0.15) is 22.7 Å². The summed E-state index contributed by atoms with van der Waals surface area (Å²) in [6.07, 6.45) is -4.84. The number of alkyl halides is 3. The van der Waals surface area contributed by atoms with E-state index in [4.69, 9.17) is 17.3 Å². The van der Waals surface area contributed by atoms with Gasteiger partial charge in [-0.15, -0.1) is 0 Å². The van der Waals surface area contributed by atoms with Crippen molar-refractivity contribution in [2.45, 2.75) is 12.2 Å². The smallest absolute Gasteiger partial charge is 0.320 e. The third-order valence-corrected chi connectivity index (χ3v) is 3.29. The second kappa shape index (κ2) is 5.61.